The Bertz CT molecular complexity index is 948. The Morgan fingerprint density at radius 3 is 2.50 bits per heavy atom. The molecular weight excluding hydrogens is 394 g/mol. The van der Waals surface area contributed by atoms with Crippen molar-refractivity contribution in [2.24, 2.45) is 0 Å². The van der Waals surface area contributed by atoms with E-state index in [9.17, 15) is 4.79 Å². The summed E-state index contributed by atoms with van der Waals surface area (Å²) in [5.41, 5.74) is 4.77. The fourth-order valence-electron chi connectivity index (χ4n) is 2.88. The number of carbonyl (C=O) groups excluding carboxylic acids is 1. The second-order valence-electron chi connectivity index (χ2n) is 6.41. The maximum absolute atomic E-state index is 12.3. The summed E-state index contributed by atoms with van der Waals surface area (Å²) < 4.78 is 1.76. The molecule has 146 valence electrons. The highest BCUT2D eigenvalue weighted by Crippen LogP contribution is 2.17. The molecular formula is C20H22ClN5OS. The van der Waals surface area contributed by atoms with E-state index in [1.54, 1.807) is 10.9 Å². The first-order valence-corrected chi connectivity index (χ1v) is 10.5. The van der Waals surface area contributed by atoms with Crippen molar-refractivity contribution in [2.75, 3.05) is 6.26 Å². The van der Waals surface area contributed by atoms with Crippen LogP contribution in [0.25, 0.3) is 5.69 Å². The number of hydrogen-bond donors (Lipinski definition) is 1. The van der Waals surface area contributed by atoms with Gasteiger partial charge in [-0.25, -0.2) is 14.6 Å². The first-order valence-electron chi connectivity index (χ1n) is 8.90. The zero-order valence-electron chi connectivity index (χ0n) is 16.1. The van der Waals surface area contributed by atoms with Crippen LogP contribution in [-0.2, 0) is 17.8 Å². The molecule has 28 heavy (non-hydrogen) atoms. The lowest BCUT2D eigenvalue weighted by atomic mass is 10.1. The second-order valence-corrected chi connectivity index (χ2v) is 7.62. The summed E-state index contributed by atoms with van der Waals surface area (Å²) in [5.74, 6) is -0.00742. The lowest BCUT2D eigenvalue weighted by Gasteiger charge is -2.10. The molecule has 0 aliphatic rings. The minimum absolute atomic E-state index is 0.00742. The fraction of sp³-hybridized carbons (Fsp3) is 0.300. The molecule has 3 rings (SSSR count). The second kappa shape index (κ2) is 9.21. The summed E-state index contributed by atoms with van der Waals surface area (Å²) in [4.78, 5) is 21.2. The van der Waals surface area contributed by atoms with Crippen LogP contribution in [0.4, 0.5) is 0 Å². The van der Waals surface area contributed by atoms with E-state index in [1.165, 1.54) is 11.8 Å². The van der Waals surface area contributed by atoms with Crippen molar-refractivity contribution >= 4 is 29.3 Å². The van der Waals surface area contributed by atoms with Gasteiger partial charge in [0.2, 0.25) is 5.91 Å². The maximum atomic E-state index is 12.3. The first-order chi connectivity index (χ1) is 13.5. The molecule has 0 saturated heterocycles. The Labute approximate surface area is 173 Å². The van der Waals surface area contributed by atoms with Crippen molar-refractivity contribution in [3.63, 3.8) is 0 Å². The van der Waals surface area contributed by atoms with E-state index in [4.69, 9.17) is 11.6 Å². The van der Waals surface area contributed by atoms with Crippen LogP contribution in [0.3, 0.4) is 0 Å². The van der Waals surface area contributed by atoms with Crippen LogP contribution < -0.4 is 5.32 Å². The monoisotopic (exact) mass is 415 g/mol. The van der Waals surface area contributed by atoms with Crippen LogP contribution in [-0.4, -0.2) is 31.9 Å². The minimum Gasteiger partial charge on any atom is -0.352 e. The standard InChI is InChI=1S/C20H22ClN5OS/c1-13-18(14(2)25-20(24-13)28-3)8-9-19(27)22-10-15-11-23-26(12-15)17-6-4-16(21)5-7-17/h4-7,11-12H,8-10H2,1-3H3,(H,22,27). The van der Waals surface area contributed by atoms with Gasteiger partial charge in [-0.2, -0.15) is 5.10 Å². The molecule has 0 radical (unpaired) electrons. The molecule has 1 N–H and O–H groups in total. The molecule has 2 aromatic heterocycles. The van der Waals surface area contributed by atoms with Crippen LogP contribution in [0, 0.1) is 13.8 Å². The highest BCUT2D eigenvalue weighted by Gasteiger charge is 2.11. The number of carbonyl (C=O) groups is 1. The molecule has 6 nitrogen and oxygen atoms in total. The first kappa shape index (κ1) is 20.4. The van der Waals surface area contributed by atoms with Gasteiger partial charge in [0.1, 0.15) is 0 Å². The van der Waals surface area contributed by atoms with Gasteiger partial charge in [0.15, 0.2) is 5.16 Å². The molecule has 2 heterocycles. The molecule has 1 aromatic carbocycles. The lowest BCUT2D eigenvalue weighted by Crippen LogP contribution is -2.23. The van der Waals surface area contributed by atoms with Crippen LogP contribution in [0.15, 0.2) is 41.8 Å². The third kappa shape index (κ3) is 5.11. The van der Waals surface area contributed by atoms with Gasteiger partial charge in [0.25, 0.3) is 0 Å². The smallest absolute Gasteiger partial charge is 0.220 e. The Hall–Kier alpha value is -2.38. The average molecular weight is 416 g/mol. The molecule has 0 aliphatic carbocycles. The predicted octanol–water partition coefficient (Wildman–Crippen LogP) is 3.90. The summed E-state index contributed by atoms with van der Waals surface area (Å²) in [6.45, 7) is 4.37. The van der Waals surface area contributed by atoms with Gasteiger partial charge in [-0.1, -0.05) is 23.4 Å². The Kier molecular flexibility index (Phi) is 6.70. The highest BCUT2D eigenvalue weighted by atomic mass is 35.5. The summed E-state index contributed by atoms with van der Waals surface area (Å²) >= 11 is 7.43. The Morgan fingerprint density at radius 2 is 1.86 bits per heavy atom. The largest absolute Gasteiger partial charge is 0.352 e. The maximum Gasteiger partial charge on any atom is 0.220 e. The number of amides is 1. The number of hydrogen-bond acceptors (Lipinski definition) is 5. The Morgan fingerprint density at radius 1 is 1.18 bits per heavy atom. The Balaban J connectivity index is 1.53. The molecule has 8 heteroatoms. The molecule has 0 bridgehead atoms. The molecule has 0 unspecified atom stereocenters. The molecule has 0 saturated carbocycles. The fourth-order valence-corrected chi connectivity index (χ4v) is 3.46. The van der Waals surface area contributed by atoms with Crippen molar-refractivity contribution < 1.29 is 4.79 Å². The van der Waals surface area contributed by atoms with Crippen molar-refractivity contribution in [1.29, 1.82) is 0 Å². The summed E-state index contributed by atoms with van der Waals surface area (Å²) in [6, 6.07) is 7.43. The molecule has 0 atom stereocenters. The van der Waals surface area contributed by atoms with Gasteiger partial charge >= 0.3 is 0 Å². The predicted molar refractivity (Wildman–Crippen MR) is 112 cm³/mol. The summed E-state index contributed by atoms with van der Waals surface area (Å²) in [7, 11) is 0. The number of aryl methyl sites for hydroxylation is 2. The summed E-state index contributed by atoms with van der Waals surface area (Å²) in [5, 5.41) is 8.72. The minimum atomic E-state index is -0.00742. The number of nitrogens with zero attached hydrogens (tertiary/aromatic N) is 4. The van der Waals surface area contributed by atoms with E-state index >= 15 is 0 Å². The number of thioether (sulfide) groups is 1. The third-order valence-corrected chi connectivity index (χ3v) is 5.20. The van der Waals surface area contributed by atoms with Crippen molar-refractivity contribution in [3.05, 3.63) is 64.2 Å². The van der Waals surface area contributed by atoms with Crippen LogP contribution in [0.5, 0.6) is 0 Å². The number of halogens is 1. The molecule has 0 aliphatic heterocycles. The number of rotatable bonds is 7. The molecule has 0 spiro atoms. The van der Waals surface area contributed by atoms with E-state index < -0.39 is 0 Å². The molecule has 1 amide bonds. The number of nitrogens with one attached hydrogen (secondary N) is 1. The van der Waals surface area contributed by atoms with Gasteiger partial charge < -0.3 is 5.32 Å². The zero-order valence-corrected chi connectivity index (χ0v) is 17.6. The van der Waals surface area contributed by atoms with Gasteiger partial charge in [-0.3, -0.25) is 4.79 Å². The quantitative estimate of drug-likeness (QED) is 0.468. The average Bonchev–Trinajstić information content (AvgIpc) is 3.15. The van der Waals surface area contributed by atoms with Crippen molar-refractivity contribution in [1.82, 2.24) is 25.1 Å². The van der Waals surface area contributed by atoms with Gasteiger partial charge in [0.05, 0.1) is 11.9 Å². The SMILES string of the molecule is CSc1nc(C)c(CCC(=O)NCc2cnn(-c3ccc(Cl)cc3)c2)c(C)n1. The van der Waals surface area contributed by atoms with E-state index in [2.05, 4.69) is 20.4 Å². The van der Waals surface area contributed by atoms with Gasteiger partial charge in [0, 0.05) is 41.1 Å². The van der Waals surface area contributed by atoms with Gasteiger partial charge in [-0.15, -0.1) is 0 Å². The van der Waals surface area contributed by atoms with E-state index in [0.29, 0.717) is 24.4 Å². The number of aromatic nitrogens is 4. The van der Waals surface area contributed by atoms with Crippen molar-refractivity contribution in [3.8, 4) is 5.69 Å². The highest BCUT2D eigenvalue weighted by molar-refractivity contribution is 7.98. The van der Waals surface area contributed by atoms with Crippen LogP contribution in [0.1, 0.15) is 28.9 Å². The number of benzene rings is 1. The molecule has 0 fully saturated rings. The third-order valence-electron chi connectivity index (χ3n) is 4.40. The topological polar surface area (TPSA) is 72.7 Å². The summed E-state index contributed by atoms with van der Waals surface area (Å²) in [6.07, 6.45) is 6.62. The van der Waals surface area contributed by atoms with Crippen molar-refractivity contribution in [2.45, 2.75) is 38.4 Å². The van der Waals surface area contributed by atoms with Crippen LogP contribution >= 0.6 is 23.4 Å². The zero-order chi connectivity index (χ0) is 20.1. The molecule has 3 aromatic rings. The van der Waals surface area contributed by atoms with Gasteiger partial charge in [-0.05, 0) is 56.4 Å². The van der Waals surface area contributed by atoms with E-state index in [-0.39, 0.29) is 5.91 Å². The van der Waals surface area contributed by atoms with E-state index in [1.807, 2.05) is 50.6 Å². The van der Waals surface area contributed by atoms with E-state index in [0.717, 1.165) is 33.4 Å². The van der Waals surface area contributed by atoms with Crippen LogP contribution in [0.2, 0.25) is 5.02 Å². The lowest BCUT2D eigenvalue weighted by molar-refractivity contribution is -0.121. The normalized spacial score (nSPS) is 10.9.